The Hall–Kier alpha value is -1.69. The van der Waals surface area contributed by atoms with Crippen molar-refractivity contribution in [3.8, 4) is 0 Å². The molecule has 2 rings (SSSR count). The average Bonchev–Trinajstić information content (AvgIpc) is 2.94. The number of nitrogens with one attached hydrogen (secondary N) is 2. The Morgan fingerprint density at radius 1 is 1.40 bits per heavy atom. The second kappa shape index (κ2) is 7.79. The molecule has 20 heavy (non-hydrogen) atoms. The van der Waals surface area contributed by atoms with Gasteiger partial charge >= 0.3 is 6.03 Å². The minimum absolute atomic E-state index is 0.320. The molecule has 0 aliphatic heterocycles. The molecule has 6 heteroatoms. The van der Waals surface area contributed by atoms with Crippen LogP contribution < -0.4 is 10.6 Å². The largest absolute Gasteiger partial charge is 0.378 e. The molecule has 1 aromatic heterocycles. The molecule has 110 valence electrons. The van der Waals surface area contributed by atoms with E-state index in [4.69, 9.17) is 4.74 Å². The van der Waals surface area contributed by atoms with Crippen LogP contribution in [-0.4, -0.2) is 30.3 Å². The molecule has 2 N–H and O–H groups in total. The Kier molecular flexibility index (Phi) is 5.73. The Bertz CT molecular complexity index is 419. The number of pyridine rings is 1. The van der Waals surface area contributed by atoms with Crippen molar-refractivity contribution in [3.05, 3.63) is 24.3 Å². The smallest absolute Gasteiger partial charge is 0.319 e. The highest BCUT2D eigenvalue weighted by Crippen LogP contribution is 2.20. The molecule has 0 radical (unpaired) electrons. The molecule has 0 atom stereocenters. The number of ether oxygens (including phenoxy) is 1. The van der Waals surface area contributed by atoms with Crippen LogP contribution in [0.2, 0.25) is 0 Å². The number of rotatable bonds is 6. The third-order valence-corrected chi connectivity index (χ3v) is 3.25. The van der Waals surface area contributed by atoms with Crippen LogP contribution in [0.25, 0.3) is 0 Å². The molecule has 1 aliphatic carbocycles. The molecule has 1 fully saturated rings. The van der Waals surface area contributed by atoms with E-state index in [0.29, 0.717) is 24.9 Å². The van der Waals surface area contributed by atoms with Crippen LogP contribution in [0.15, 0.2) is 18.3 Å². The van der Waals surface area contributed by atoms with Crippen LogP contribution >= 0.6 is 0 Å². The first kappa shape index (κ1) is 14.7. The van der Waals surface area contributed by atoms with Crippen LogP contribution in [0, 0.1) is 5.95 Å². The van der Waals surface area contributed by atoms with Crippen LogP contribution in [0.3, 0.4) is 0 Å². The van der Waals surface area contributed by atoms with Crippen LogP contribution in [0.5, 0.6) is 0 Å². The lowest BCUT2D eigenvalue weighted by molar-refractivity contribution is 0.0572. The summed E-state index contributed by atoms with van der Waals surface area (Å²) < 4.78 is 18.3. The standard InChI is InChI=1S/C14H20FN3O2/c15-13-7-6-11(10-17-13)18-14(19)16-8-3-9-20-12-4-1-2-5-12/h6-7,10,12H,1-5,8-9H2,(H2,16,18,19). The summed E-state index contributed by atoms with van der Waals surface area (Å²) >= 11 is 0. The van der Waals surface area contributed by atoms with Gasteiger partial charge < -0.3 is 15.4 Å². The fourth-order valence-electron chi connectivity index (χ4n) is 2.20. The molecule has 0 spiro atoms. The van der Waals surface area contributed by atoms with E-state index in [1.54, 1.807) is 0 Å². The zero-order valence-corrected chi connectivity index (χ0v) is 11.4. The van der Waals surface area contributed by atoms with Gasteiger partial charge in [0.1, 0.15) is 0 Å². The molecule has 1 aromatic rings. The Morgan fingerprint density at radius 2 is 2.20 bits per heavy atom. The summed E-state index contributed by atoms with van der Waals surface area (Å²) in [6.45, 7) is 1.22. The van der Waals surface area contributed by atoms with Crippen molar-refractivity contribution in [2.45, 2.75) is 38.2 Å². The molecule has 1 aliphatic rings. The second-order valence-corrected chi connectivity index (χ2v) is 4.88. The summed E-state index contributed by atoms with van der Waals surface area (Å²) in [5.41, 5.74) is 0.464. The number of nitrogens with zero attached hydrogens (tertiary/aromatic N) is 1. The molecule has 5 nitrogen and oxygen atoms in total. The highest BCUT2D eigenvalue weighted by molar-refractivity contribution is 5.88. The predicted molar refractivity (Wildman–Crippen MR) is 74.0 cm³/mol. The quantitative estimate of drug-likeness (QED) is 0.622. The van der Waals surface area contributed by atoms with Crippen molar-refractivity contribution < 1.29 is 13.9 Å². The molecular formula is C14H20FN3O2. The summed E-state index contributed by atoms with van der Waals surface area (Å²) in [7, 11) is 0. The Morgan fingerprint density at radius 3 is 2.90 bits per heavy atom. The van der Waals surface area contributed by atoms with Gasteiger partial charge in [0.2, 0.25) is 5.95 Å². The van der Waals surface area contributed by atoms with Crippen molar-refractivity contribution >= 4 is 11.7 Å². The molecular weight excluding hydrogens is 261 g/mol. The van der Waals surface area contributed by atoms with Gasteiger partial charge in [-0.15, -0.1) is 0 Å². The summed E-state index contributed by atoms with van der Waals surface area (Å²) in [5, 5.41) is 5.30. The number of anilines is 1. The SMILES string of the molecule is O=C(NCCCOC1CCCC1)Nc1ccc(F)nc1. The van der Waals surface area contributed by atoms with Crippen LogP contribution in [-0.2, 0) is 4.74 Å². The van der Waals surface area contributed by atoms with E-state index in [1.807, 2.05) is 0 Å². The average molecular weight is 281 g/mol. The molecule has 0 unspecified atom stereocenters. The topological polar surface area (TPSA) is 63.2 Å². The fourth-order valence-corrected chi connectivity index (χ4v) is 2.20. The van der Waals surface area contributed by atoms with E-state index in [2.05, 4.69) is 15.6 Å². The number of carbonyl (C=O) groups excluding carboxylic acids is 1. The second-order valence-electron chi connectivity index (χ2n) is 4.88. The molecule has 0 aromatic carbocycles. The number of hydrogen-bond donors (Lipinski definition) is 2. The van der Waals surface area contributed by atoms with Gasteiger partial charge in [-0.25, -0.2) is 9.78 Å². The van der Waals surface area contributed by atoms with Gasteiger partial charge in [-0.1, -0.05) is 12.8 Å². The lowest BCUT2D eigenvalue weighted by Gasteiger charge is -2.11. The summed E-state index contributed by atoms with van der Waals surface area (Å²) in [6.07, 6.45) is 7.31. The maximum absolute atomic E-state index is 12.6. The van der Waals surface area contributed by atoms with Gasteiger partial charge in [-0.2, -0.15) is 4.39 Å². The monoisotopic (exact) mass is 281 g/mol. The van der Waals surface area contributed by atoms with E-state index < -0.39 is 5.95 Å². The van der Waals surface area contributed by atoms with Gasteiger partial charge in [-0.3, -0.25) is 0 Å². The predicted octanol–water partition coefficient (Wildman–Crippen LogP) is 2.69. The van der Waals surface area contributed by atoms with E-state index in [0.717, 1.165) is 19.3 Å². The molecule has 1 heterocycles. The van der Waals surface area contributed by atoms with Crippen molar-refractivity contribution in [2.24, 2.45) is 0 Å². The number of halogens is 1. The maximum Gasteiger partial charge on any atom is 0.319 e. The van der Waals surface area contributed by atoms with Crippen LogP contribution in [0.1, 0.15) is 32.1 Å². The Labute approximate surface area is 117 Å². The molecule has 0 saturated heterocycles. The molecule has 0 bridgehead atoms. The first-order chi connectivity index (χ1) is 9.74. The third kappa shape index (κ3) is 5.13. The number of urea groups is 1. The normalized spacial score (nSPS) is 15.2. The fraction of sp³-hybridized carbons (Fsp3) is 0.571. The van der Waals surface area contributed by atoms with Gasteiger partial charge in [0.15, 0.2) is 0 Å². The van der Waals surface area contributed by atoms with Gasteiger partial charge in [0.25, 0.3) is 0 Å². The third-order valence-electron chi connectivity index (χ3n) is 3.25. The van der Waals surface area contributed by atoms with E-state index >= 15 is 0 Å². The van der Waals surface area contributed by atoms with Crippen molar-refractivity contribution in [1.29, 1.82) is 0 Å². The molecule has 1 saturated carbocycles. The number of carbonyl (C=O) groups is 1. The van der Waals surface area contributed by atoms with E-state index in [1.165, 1.54) is 31.2 Å². The van der Waals surface area contributed by atoms with Crippen molar-refractivity contribution in [1.82, 2.24) is 10.3 Å². The number of hydrogen-bond acceptors (Lipinski definition) is 3. The summed E-state index contributed by atoms with van der Waals surface area (Å²) in [6, 6.07) is 2.34. The molecule has 2 amide bonds. The Balaban J connectivity index is 1.54. The number of amides is 2. The minimum Gasteiger partial charge on any atom is -0.378 e. The summed E-state index contributed by atoms with van der Waals surface area (Å²) in [4.78, 5) is 15.0. The van der Waals surface area contributed by atoms with Gasteiger partial charge in [0.05, 0.1) is 18.0 Å². The lowest BCUT2D eigenvalue weighted by atomic mass is 10.3. The maximum atomic E-state index is 12.6. The first-order valence-electron chi connectivity index (χ1n) is 7.02. The van der Waals surface area contributed by atoms with E-state index in [9.17, 15) is 9.18 Å². The highest BCUT2D eigenvalue weighted by atomic mass is 19.1. The van der Waals surface area contributed by atoms with Crippen molar-refractivity contribution in [2.75, 3.05) is 18.5 Å². The zero-order chi connectivity index (χ0) is 14.2. The summed E-state index contributed by atoms with van der Waals surface area (Å²) in [5.74, 6) is -0.569. The van der Waals surface area contributed by atoms with Gasteiger partial charge in [-0.05, 0) is 31.4 Å². The van der Waals surface area contributed by atoms with Crippen molar-refractivity contribution in [3.63, 3.8) is 0 Å². The van der Waals surface area contributed by atoms with Gasteiger partial charge in [0, 0.05) is 13.2 Å². The first-order valence-corrected chi connectivity index (χ1v) is 7.02. The lowest BCUT2D eigenvalue weighted by Crippen LogP contribution is -2.30. The van der Waals surface area contributed by atoms with Crippen LogP contribution in [0.4, 0.5) is 14.9 Å². The zero-order valence-electron chi connectivity index (χ0n) is 11.4. The van der Waals surface area contributed by atoms with E-state index in [-0.39, 0.29) is 6.03 Å². The highest BCUT2D eigenvalue weighted by Gasteiger charge is 2.14. The number of aromatic nitrogens is 1. The minimum atomic E-state index is -0.569.